The van der Waals surface area contributed by atoms with Crippen LogP contribution in [-0.4, -0.2) is 31.4 Å². The maximum absolute atomic E-state index is 12.7. The third-order valence-electron chi connectivity index (χ3n) is 4.58. The van der Waals surface area contributed by atoms with Gasteiger partial charge in [0, 0.05) is 17.6 Å². The Morgan fingerprint density at radius 2 is 1.86 bits per heavy atom. The molecular formula is C22H23NO5. The highest BCUT2D eigenvalue weighted by atomic mass is 16.6. The van der Waals surface area contributed by atoms with Gasteiger partial charge in [0.1, 0.15) is 5.75 Å². The average molecular weight is 381 g/mol. The van der Waals surface area contributed by atoms with Crippen LogP contribution in [0.3, 0.4) is 0 Å². The van der Waals surface area contributed by atoms with E-state index in [4.69, 9.17) is 19.9 Å². The largest absolute Gasteiger partial charge is 0.466 e. The van der Waals surface area contributed by atoms with Gasteiger partial charge in [-0.15, -0.1) is 0 Å². The maximum atomic E-state index is 12.7. The molecule has 0 saturated carbocycles. The number of hydrogen-bond donors (Lipinski definition) is 1. The van der Waals surface area contributed by atoms with Gasteiger partial charge in [0.2, 0.25) is 0 Å². The highest BCUT2D eigenvalue weighted by Gasteiger charge is 2.51. The zero-order chi connectivity index (χ0) is 20.3. The second kappa shape index (κ2) is 7.86. The first kappa shape index (κ1) is 19.6. The number of fused-ring (bicyclic) bond motifs is 1. The number of methoxy groups -OCH3 is 1. The van der Waals surface area contributed by atoms with Crippen molar-refractivity contribution in [3.05, 3.63) is 70.8 Å². The third-order valence-corrected chi connectivity index (χ3v) is 4.58. The summed E-state index contributed by atoms with van der Waals surface area (Å²) in [6.07, 6.45) is 0.234. The second-order valence-electron chi connectivity index (χ2n) is 6.57. The predicted molar refractivity (Wildman–Crippen MR) is 104 cm³/mol. The third kappa shape index (κ3) is 3.51. The molecule has 0 bridgehead atoms. The fourth-order valence-electron chi connectivity index (χ4n) is 3.31. The number of rotatable bonds is 5. The monoisotopic (exact) mass is 381 g/mol. The van der Waals surface area contributed by atoms with E-state index < -0.39 is 17.7 Å². The number of hydrogen-bond acceptors (Lipinski definition) is 6. The van der Waals surface area contributed by atoms with Crippen molar-refractivity contribution in [3.63, 3.8) is 0 Å². The molecule has 1 heterocycles. The van der Waals surface area contributed by atoms with E-state index in [0.29, 0.717) is 11.3 Å². The van der Waals surface area contributed by atoms with E-state index in [0.717, 1.165) is 11.1 Å². The number of benzene rings is 2. The van der Waals surface area contributed by atoms with Gasteiger partial charge >= 0.3 is 11.9 Å². The van der Waals surface area contributed by atoms with Crippen LogP contribution in [0.4, 0.5) is 0 Å². The molecule has 2 aromatic rings. The van der Waals surface area contributed by atoms with Gasteiger partial charge < -0.3 is 14.2 Å². The highest BCUT2D eigenvalue weighted by Crippen LogP contribution is 2.45. The van der Waals surface area contributed by atoms with E-state index >= 15 is 0 Å². The van der Waals surface area contributed by atoms with Crippen molar-refractivity contribution in [2.75, 3.05) is 13.7 Å². The molecule has 0 saturated heterocycles. The van der Waals surface area contributed by atoms with Crippen LogP contribution < -0.4 is 10.5 Å². The number of carbonyl (C=O) groups is 2. The van der Waals surface area contributed by atoms with E-state index in [2.05, 4.69) is 0 Å². The average Bonchev–Trinajstić information content (AvgIpc) is 2.99. The smallest absolute Gasteiger partial charge is 0.371 e. The Hall–Kier alpha value is -3.12. The van der Waals surface area contributed by atoms with Gasteiger partial charge in [0.05, 0.1) is 19.3 Å². The van der Waals surface area contributed by atoms with Crippen LogP contribution in [0.15, 0.2) is 54.1 Å². The summed E-state index contributed by atoms with van der Waals surface area (Å²) in [5.41, 5.74) is 7.44. The lowest BCUT2D eigenvalue weighted by atomic mass is 9.89. The summed E-state index contributed by atoms with van der Waals surface area (Å²) in [4.78, 5) is 25.5. The van der Waals surface area contributed by atoms with Crippen LogP contribution in [0.5, 0.6) is 5.75 Å². The zero-order valence-corrected chi connectivity index (χ0v) is 16.2. The minimum absolute atomic E-state index is 0.135. The molecule has 1 atom stereocenters. The number of ether oxygens (including phenoxy) is 3. The van der Waals surface area contributed by atoms with Crippen LogP contribution in [0.1, 0.15) is 23.6 Å². The summed E-state index contributed by atoms with van der Waals surface area (Å²) in [6, 6.07) is 14.8. The summed E-state index contributed by atoms with van der Waals surface area (Å²) in [7, 11) is 1.30. The summed E-state index contributed by atoms with van der Waals surface area (Å²) < 4.78 is 16.0. The van der Waals surface area contributed by atoms with E-state index in [1.807, 2.05) is 49.4 Å². The molecular weight excluding hydrogens is 358 g/mol. The van der Waals surface area contributed by atoms with Gasteiger partial charge in [0.25, 0.3) is 5.72 Å². The summed E-state index contributed by atoms with van der Waals surface area (Å²) in [6.45, 7) is 3.73. The number of carbonyl (C=O) groups excluding carboxylic acids is 2. The standard InChI is InChI=1S/C22H23NO5/c1-4-27-21(25)22(23)19(16-12-14(2)10-11-18(16)28-22)17(20(24)26-3)13-15-8-6-5-7-9-15/h5-12H,4,13,23H2,1-3H3/b19-17-. The summed E-state index contributed by atoms with van der Waals surface area (Å²) in [5.74, 6) is -0.908. The predicted octanol–water partition coefficient (Wildman–Crippen LogP) is 2.77. The van der Waals surface area contributed by atoms with Gasteiger partial charge in [-0.2, -0.15) is 0 Å². The van der Waals surface area contributed by atoms with Crippen LogP contribution >= 0.6 is 0 Å². The quantitative estimate of drug-likeness (QED) is 0.633. The lowest BCUT2D eigenvalue weighted by molar-refractivity contribution is -0.155. The van der Waals surface area contributed by atoms with Crippen molar-refractivity contribution >= 4 is 17.5 Å². The normalized spacial score (nSPS) is 19.4. The van der Waals surface area contributed by atoms with E-state index in [1.165, 1.54) is 7.11 Å². The second-order valence-corrected chi connectivity index (χ2v) is 6.57. The molecule has 0 spiro atoms. The van der Waals surface area contributed by atoms with Crippen molar-refractivity contribution < 1.29 is 23.8 Å². The Kier molecular flexibility index (Phi) is 5.51. The first-order valence-electron chi connectivity index (χ1n) is 9.02. The Balaban J connectivity index is 2.26. The maximum Gasteiger partial charge on any atom is 0.371 e. The van der Waals surface area contributed by atoms with Crippen LogP contribution in [0.2, 0.25) is 0 Å². The Morgan fingerprint density at radius 3 is 2.50 bits per heavy atom. The van der Waals surface area contributed by atoms with E-state index in [-0.39, 0.29) is 24.2 Å². The molecule has 6 nitrogen and oxygen atoms in total. The molecule has 0 fully saturated rings. The van der Waals surface area contributed by atoms with Crippen molar-refractivity contribution in [1.29, 1.82) is 0 Å². The van der Waals surface area contributed by atoms with Crippen molar-refractivity contribution in [1.82, 2.24) is 0 Å². The minimum atomic E-state index is -1.93. The molecule has 0 aliphatic carbocycles. The molecule has 2 N–H and O–H groups in total. The first-order chi connectivity index (χ1) is 13.4. The molecule has 0 radical (unpaired) electrons. The Labute approximate surface area is 163 Å². The molecule has 3 rings (SSSR count). The van der Waals surface area contributed by atoms with Gasteiger partial charge in [-0.3, -0.25) is 5.73 Å². The molecule has 28 heavy (non-hydrogen) atoms. The number of aryl methyl sites for hydroxylation is 1. The summed E-state index contributed by atoms with van der Waals surface area (Å²) in [5, 5.41) is 0. The molecule has 2 aromatic carbocycles. The van der Waals surface area contributed by atoms with Crippen LogP contribution in [0, 0.1) is 6.92 Å². The van der Waals surface area contributed by atoms with Gasteiger partial charge in [-0.1, -0.05) is 42.0 Å². The molecule has 0 amide bonds. The van der Waals surface area contributed by atoms with Crippen LogP contribution in [0.25, 0.3) is 5.57 Å². The minimum Gasteiger partial charge on any atom is -0.466 e. The van der Waals surface area contributed by atoms with E-state index in [9.17, 15) is 9.59 Å². The summed E-state index contributed by atoms with van der Waals surface area (Å²) >= 11 is 0. The lowest BCUT2D eigenvalue weighted by Crippen LogP contribution is -2.53. The topological polar surface area (TPSA) is 87.9 Å². The van der Waals surface area contributed by atoms with Gasteiger partial charge in [0.15, 0.2) is 0 Å². The fraction of sp³-hybridized carbons (Fsp3) is 0.273. The Morgan fingerprint density at radius 1 is 1.14 bits per heavy atom. The molecule has 1 aliphatic rings. The highest BCUT2D eigenvalue weighted by molar-refractivity contribution is 6.08. The van der Waals surface area contributed by atoms with Crippen molar-refractivity contribution in [3.8, 4) is 5.75 Å². The van der Waals surface area contributed by atoms with Crippen molar-refractivity contribution in [2.24, 2.45) is 5.73 Å². The van der Waals surface area contributed by atoms with Gasteiger partial charge in [-0.05, 0) is 31.5 Å². The molecule has 1 unspecified atom stereocenters. The molecule has 0 aromatic heterocycles. The number of nitrogens with two attached hydrogens (primary N) is 1. The zero-order valence-electron chi connectivity index (χ0n) is 16.2. The SMILES string of the molecule is CCOC(=O)C1(N)Oc2ccc(C)cc2/C1=C(\Cc1ccccc1)C(=O)OC. The Bertz CT molecular complexity index is 935. The van der Waals surface area contributed by atoms with E-state index in [1.54, 1.807) is 13.0 Å². The van der Waals surface area contributed by atoms with Crippen molar-refractivity contribution in [2.45, 2.75) is 26.0 Å². The lowest BCUT2D eigenvalue weighted by Gasteiger charge is -2.25. The number of esters is 2. The molecule has 146 valence electrons. The first-order valence-corrected chi connectivity index (χ1v) is 9.02. The van der Waals surface area contributed by atoms with Gasteiger partial charge in [-0.25, -0.2) is 9.59 Å². The molecule has 1 aliphatic heterocycles. The fourth-order valence-corrected chi connectivity index (χ4v) is 3.31. The molecule has 6 heteroatoms. The van der Waals surface area contributed by atoms with Crippen LogP contribution in [-0.2, 0) is 25.5 Å².